The topological polar surface area (TPSA) is 72.5 Å². The van der Waals surface area contributed by atoms with Crippen LogP contribution < -0.4 is 4.72 Å². The monoisotopic (exact) mass is 195 g/mol. The van der Waals surface area contributed by atoms with Crippen LogP contribution in [0, 0.1) is 0 Å². The van der Waals surface area contributed by atoms with Crippen LogP contribution in [0.15, 0.2) is 0 Å². The highest BCUT2D eigenvalue weighted by Crippen LogP contribution is 1.83. The maximum Gasteiger partial charge on any atom is 0.214 e. The fourth-order valence-corrected chi connectivity index (χ4v) is 1.43. The summed E-state index contributed by atoms with van der Waals surface area (Å²) in [6, 6.07) is 0. The number of ether oxygens (including phenoxy) is 1. The van der Waals surface area contributed by atoms with E-state index in [-0.39, 0.29) is 24.7 Å². The number of sulfonamides is 1. The van der Waals surface area contributed by atoms with Crippen LogP contribution in [0.5, 0.6) is 0 Å². The number of carbonyl (C=O) groups excluding carboxylic acids is 1. The van der Waals surface area contributed by atoms with Gasteiger partial charge in [-0.15, -0.1) is 0 Å². The number of carbonyl (C=O) groups is 1. The Kier molecular flexibility index (Phi) is 5.03. The van der Waals surface area contributed by atoms with Crippen molar-refractivity contribution in [2.24, 2.45) is 0 Å². The summed E-state index contributed by atoms with van der Waals surface area (Å²) in [4.78, 5) is 10.4. The van der Waals surface area contributed by atoms with Gasteiger partial charge >= 0.3 is 0 Å². The molecular weight excluding hydrogens is 182 g/mol. The van der Waals surface area contributed by atoms with Gasteiger partial charge in [-0.3, -0.25) is 4.79 Å². The molecular formula is C6H13NO4S. The van der Waals surface area contributed by atoms with Crippen LogP contribution in [-0.4, -0.2) is 40.2 Å². The van der Waals surface area contributed by atoms with Gasteiger partial charge in [0.25, 0.3) is 0 Å². The molecule has 0 bridgehead atoms. The van der Waals surface area contributed by atoms with Crippen molar-refractivity contribution in [2.45, 2.75) is 6.92 Å². The lowest BCUT2D eigenvalue weighted by atomic mass is 10.5. The van der Waals surface area contributed by atoms with Crippen molar-refractivity contribution in [1.29, 1.82) is 0 Å². The van der Waals surface area contributed by atoms with Crippen LogP contribution >= 0.6 is 0 Å². The second kappa shape index (κ2) is 5.23. The molecule has 6 heteroatoms. The van der Waals surface area contributed by atoms with Crippen molar-refractivity contribution in [1.82, 2.24) is 4.72 Å². The molecule has 0 aromatic carbocycles. The molecule has 0 saturated carbocycles. The van der Waals surface area contributed by atoms with Crippen molar-refractivity contribution >= 4 is 15.8 Å². The van der Waals surface area contributed by atoms with Crippen molar-refractivity contribution < 1.29 is 17.9 Å². The molecule has 0 aliphatic heterocycles. The largest absolute Gasteiger partial charge is 0.384 e. The Hall–Kier alpha value is -0.460. The maximum absolute atomic E-state index is 11.0. The number of hydrogen-bond donors (Lipinski definition) is 1. The zero-order chi connectivity index (χ0) is 9.61. The first-order valence-corrected chi connectivity index (χ1v) is 5.09. The summed E-state index contributed by atoms with van der Waals surface area (Å²) in [6.07, 6.45) is 0. The van der Waals surface area contributed by atoms with E-state index in [4.69, 9.17) is 0 Å². The predicted molar refractivity (Wildman–Crippen MR) is 44.3 cm³/mol. The Morgan fingerprint density at radius 2 is 2.08 bits per heavy atom. The molecule has 0 fully saturated rings. The highest BCUT2D eigenvalue weighted by molar-refractivity contribution is 7.89. The molecule has 0 radical (unpaired) electrons. The predicted octanol–water partition coefficient (Wildman–Crippen LogP) is -0.859. The van der Waals surface area contributed by atoms with E-state index in [0.717, 1.165) is 0 Å². The molecule has 0 heterocycles. The summed E-state index contributed by atoms with van der Waals surface area (Å²) in [5, 5.41) is 0. The summed E-state index contributed by atoms with van der Waals surface area (Å²) in [5.41, 5.74) is 0. The lowest BCUT2D eigenvalue weighted by Gasteiger charge is -2.02. The summed E-state index contributed by atoms with van der Waals surface area (Å²) in [6.45, 7) is 1.30. The maximum atomic E-state index is 11.0. The van der Waals surface area contributed by atoms with Crippen molar-refractivity contribution in [3.63, 3.8) is 0 Å². The summed E-state index contributed by atoms with van der Waals surface area (Å²) in [5.74, 6) is -0.326. The minimum atomic E-state index is -3.33. The lowest BCUT2D eigenvalue weighted by Crippen LogP contribution is -2.31. The second-order valence-electron chi connectivity index (χ2n) is 2.33. The molecule has 0 unspecified atom stereocenters. The third-order valence-corrected chi connectivity index (χ3v) is 2.39. The smallest absolute Gasteiger partial charge is 0.214 e. The summed E-state index contributed by atoms with van der Waals surface area (Å²) in [7, 11) is -1.92. The quantitative estimate of drug-likeness (QED) is 0.598. The molecule has 0 aliphatic rings. The molecule has 0 saturated heterocycles. The Bertz CT molecular complexity index is 234. The molecule has 0 amide bonds. The van der Waals surface area contributed by atoms with Gasteiger partial charge in [0.1, 0.15) is 5.78 Å². The van der Waals surface area contributed by atoms with E-state index in [1.54, 1.807) is 0 Å². The van der Waals surface area contributed by atoms with Gasteiger partial charge in [-0.1, -0.05) is 0 Å². The normalized spacial score (nSPS) is 11.5. The molecule has 72 valence electrons. The number of rotatable bonds is 6. The second-order valence-corrected chi connectivity index (χ2v) is 4.26. The average molecular weight is 195 g/mol. The Morgan fingerprint density at radius 3 is 2.50 bits per heavy atom. The molecule has 0 aromatic heterocycles. The van der Waals surface area contributed by atoms with Gasteiger partial charge in [-0.05, 0) is 6.92 Å². The molecule has 0 aromatic rings. The Labute approximate surface area is 72.1 Å². The fourth-order valence-electron chi connectivity index (χ4n) is 0.477. The minimum absolute atomic E-state index is 0.114. The van der Waals surface area contributed by atoms with Gasteiger partial charge in [-0.2, -0.15) is 0 Å². The zero-order valence-electron chi connectivity index (χ0n) is 7.16. The van der Waals surface area contributed by atoms with Crippen molar-refractivity contribution in [2.75, 3.05) is 26.0 Å². The third-order valence-electron chi connectivity index (χ3n) is 1.10. The van der Waals surface area contributed by atoms with E-state index in [9.17, 15) is 13.2 Å². The van der Waals surface area contributed by atoms with E-state index < -0.39 is 10.0 Å². The average Bonchev–Trinajstić information content (AvgIpc) is 1.98. The summed E-state index contributed by atoms with van der Waals surface area (Å²) >= 11 is 0. The Balaban J connectivity index is 3.80. The van der Waals surface area contributed by atoms with Gasteiger partial charge < -0.3 is 4.74 Å². The number of hydrogen-bond acceptors (Lipinski definition) is 4. The van der Waals surface area contributed by atoms with Crippen LogP contribution in [0.2, 0.25) is 0 Å². The standard InChI is InChI=1S/C6H13NO4S/c1-6(8)5-7-12(9,10)4-3-11-2/h7H,3-5H2,1-2H3. The zero-order valence-corrected chi connectivity index (χ0v) is 7.98. The van der Waals surface area contributed by atoms with Gasteiger partial charge in [0.15, 0.2) is 0 Å². The van der Waals surface area contributed by atoms with Crippen LogP contribution in [0.3, 0.4) is 0 Å². The van der Waals surface area contributed by atoms with Crippen molar-refractivity contribution in [3.05, 3.63) is 0 Å². The van der Waals surface area contributed by atoms with E-state index in [0.29, 0.717) is 0 Å². The van der Waals surface area contributed by atoms with Gasteiger partial charge in [0.05, 0.1) is 18.9 Å². The first-order chi connectivity index (χ1) is 5.48. The highest BCUT2D eigenvalue weighted by atomic mass is 32.2. The molecule has 5 nitrogen and oxygen atoms in total. The fraction of sp³-hybridized carbons (Fsp3) is 0.833. The SMILES string of the molecule is COCCS(=O)(=O)NCC(C)=O. The minimum Gasteiger partial charge on any atom is -0.384 e. The molecule has 12 heavy (non-hydrogen) atoms. The number of methoxy groups -OCH3 is 1. The molecule has 0 atom stereocenters. The van der Waals surface area contributed by atoms with E-state index in [1.165, 1.54) is 14.0 Å². The number of ketones is 1. The Morgan fingerprint density at radius 1 is 1.50 bits per heavy atom. The first-order valence-electron chi connectivity index (χ1n) is 3.43. The van der Waals surface area contributed by atoms with Crippen LogP contribution in [0.1, 0.15) is 6.92 Å². The first kappa shape index (κ1) is 11.5. The van der Waals surface area contributed by atoms with Gasteiger partial charge in [-0.25, -0.2) is 13.1 Å². The highest BCUT2D eigenvalue weighted by Gasteiger charge is 2.09. The lowest BCUT2D eigenvalue weighted by molar-refractivity contribution is -0.115. The molecule has 0 spiro atoms. The van der Waals surface area contributed by atoms with E-state index >= 15 is 0 Å². The van der Waals surface area contributed by atoms with E-state index in [2.05, 4.69) is 9.46 Å². The van der Waals surface area contributed by atoms with Crippen molar-refractivity contribution in [3.8, 4) is 0 Å². The van der Waals surface area contributed by atoms with Crippen LogP contribution in [0.4, 0.5) is 0 Å². The number of nitrogens with one attached hydrogen (secondary N) is 1. The summed E-state index contributed by atoms with van der Waals surface area (Å²) < 4.78 is 28.6. The third kappa shape index (κ3) is 6.26. The molecule has 0 rings (SSSR count). The molecule has 1 N–H and O–H groups in total. The number of Topliss-reactive ketones (excluding diaryl/α,β-unsaturated/α-hetero) is 1. The van der Waals surface area contributed by atoms with Crippen LogP contribution in [0.25, 0.3) is 0 Å². The van der Waals surface area contributed by atoms with Gasteiger partial charge in [0.2, 0.25) is 10.0 Å². The van der Waals surface area contributed by atoms with Crippen LogP contribution in [-0.2, 0) is 19.6 Å². The van der Waals surface area contributed by atoms with Gasteiger partial charge in [0, 0.05) is 7.11 Å². The van der Waals surface area contributed by atoms with E-state index in [1.807, 2.05) is 0 Å². The molecule has 0 aliphatic carbocycles.